The average Bonchev–Trinajstić information content (AvgIpc) is 2.68. The average molecular weight is 352 g/mol. The van der Waals surface area contributed by atoms with Gasteiger partial charge in [-0.05, 0) is 54.2 Å². The van der Waals surface area contributed by atoms with E-state index < -0.39 is 0 Å². The van der Waals surface area contributed by atoms with E-state index in [2.05, 4.69) is 29.2 Å². The van der Waals surface area contributed by atoms with Crippen LogP contribution in [0.3, 0.4) is 0 Å². The van der Waals surface area contributed by atoms with Crippen LogP contribution >= 0.6 is 0 Å². The summed E-state index contributed by atoms with van der Waals surface area (Å²) in [4.78, 5) is 16.8. The van der Waals surface area contributed by atoms with Gasteiger partial charge in [-0.3, -0.25) is 4.79 Å². The molecule has 1 heterocycles. The number of amides is 1. The third-order valence-corrected chi connectivity index (χ3v) is 5.06. The van der Waals surface area contributed by atoms with Gasteiger partial charge in [-0.15, -0.1) is 0 Å². The quantitative estimate of drug-likeness (QED) is 0.818. The van der Waals surface area contributed by atoms with Gasteiger partial charge in [-0.25, -0.2) is 0 Å². The normalized spacial score (nSPS) is 17.2. The molecule has 0 unspecified atom stereocenters. The number of piperidine rings is 1. The summed E-state index contributed by atoms with van der Waals surface area (Å²) in [6.45, 7) is 2.36. The van der Waals surface area contributed by atoms with Crippen molar-refractivity contribution >= 4 is 11.6 Å². The predicted molar refractivity (Wildman–Crippen MR) is 107 cm³/mol. The topological polar surface area (TPSA) is 32.8 Å². The number of ether oxygens (including phenoxy) is 1. The smallest absolute Gasteiger partial charge is 0.253 e. The number of carbonyl (C=O) groups excluding carboxylic acids is 1. The van der Waals surface area contributed by atoms with Crippen molar-refractivity contribution in [3.63, 3.8) is 0 Å². The van der Waals surface area contributed by atoms with Crippen molar-refractivity contribution in [2.75, 3.05) is 45.8 Å². The van der Waals surface area contributed by atoms with E-state index in [1.165, 1.54) is 5.69 Å². The van der Waals surface area contributed by atoms with Gasteiger partial charge in [-0.1, -0.05) is 24.3 Å². The molecule has 2 aromatic rings. The Bertz CT molecular complexity index is 721. The van der Waals surface area contributed by atoms with Gasteiger partial charge in [0.15, 0.2) is 0 Å². The van der Waals surface area contributed by atoms with E-state index in [-0.39, 0.29) is 5.91 Å². The molecule has 1 atom stereocenters. The third kappa shape index (κ3) is 4.25. The minimum Gasteiger partial charge on any atom is -0.384 e. The molecule has 1 fully saturated rings. The summed E-state index contributed by atoms with van der Waals surface area (Å²) in [5.74, 6) is 0.576. The largest absolute Gasteiger partial charge is 0.384 e. The zero-order valence-electron chi connectivity index (χ0n) is 15.9. The van der Waals surface area contributed by atoms with E-state index in [0.29, 0.717) is 5.92 Å². The first-order chi connectivity index (χ1) is 12.6. The molecule has 2 aromatic carbocycles. The first kappa shape index (κ1) is 18.5. The fourth-order valence-corrected chi connectivity index (χ4v) is 3.56. The molecule has 0 bridgehead atoms. The highest BCUT2D eigenvalue weighted by atomic mass is 16.5. The van der Waals surface area contributed by atoms with Crippen molar-refractivity contribution in [1.29, 1.82) is 0 Å². The molecule has 0 aliphatic carbocycles. The van der Waals surface area contributed by atoms with E-state index in [4.69, 9.17) is 4.74 Å². The molecule has 0 aromatic heterocycles. The van der Waals surface area contributed by atoms with E-state index in [0.717, 1.165) is 49.2 Å². The summed E-state index contributed by atoms with van der Waals surface area (Å²) in [7, 11) is 5.80. The summed E-state index contributed by atoms with van der Waals surface area (Å²) < 4.78 is 5.26. The number of rotatable bonds is 5. The number of methoxy groups -OCH3 is 1. The summed E-state index contributed by atoms with van der Waals surface area (Å²) >= 11 is 0. The van der Waals surface area contributed by atoms with Crippen molar-refractivity contribution in [3.05, 3.63) is 54.1 Å². The van der Waals surface area contributed by atoms with Crippen LogP contribution in [-0.2, 0) is 4.74 Å². The van der Waals surface area contributed by atoms with Crippen LogP contribution in [0.5, 0.6) is 0 Å². The van der Waals surface area contributed by atoms with Crippen molar-refractivity contribution in [2.45, 2.75) is 12.8 Å². The number of hydrogen-bond donors (Lipinski definition) is 0. The van der Waals surface area contributed by atoms with E-state index in [1.54, 1.807) is 7.11 Å². The van der Waals surface area contributed by atoms with Gasteiger partial charge >= 0.3 is 0 Å². The van der Waals surface area contributed by atoms with E-state index in [1.807, 2.05) is 43.3 Å². The summed E-state index contributed by atoms with van der Waals surface area (Å²) in [5, 5.41) is 0. The van der Waals surface area contributed by atoms with Gasteiger partial charge in [0.25, 0.3) is 5.91 Å². The molecule has 1 aliphatic heterocycles. The van der Waals surface area contributed by atoms with Crippen LogP contribution in [0.15, 0.2) is 48.5 Å². The van der Waals surface area contributed by atoms with Crippen molar-refractivity contribution in [2.24, 2.45) is 5.92 Å². The molecule has 26 heavy (non-hydrogen) atoms. The molecule has 4 heteroatoms. The molecule has 138 valence electrons. The molecule has 1 saturated heterocycles. The Morgan fingerprint density at radius 2 is 1.69 bits per heavy atom. The lowest BCUT2D eigenvalue weighted by Gasteiger charge is -2.32. The van der Waals surface area contributed by atoms with Gasteiger partial charge in [0.05, 0.1) is 6.61 Å². The fraction of sp³-hybridized carbons (Fsp3) is 0.409. The lowest BCUT2D eigenvalue weighted by Crippen LogP contribution is -2.41. The molecule has 0 saturated carbocycles. The Labute approximate surface area is 156 Å². The first-order valence-corrected chi connectivity index (χ1v) is 9.24. The van der Waals surface area contributed by atoms with Crippen LogP contribution in [0.2, 0.25) is 0 Å². The molecule has 1 aliphatic rings. The minimum atomic E-state index is 0.125. The van der Waals surface area contributed by atoms with Gasteiger partial charge < -0.3 is 14.5 Å². The number of carbonyl (C=O) groups is 1. The SMILES string of the molecule is COC[C@H]1CCCN(C(=O)c2ccc(-c3ccc(N(C)C)cc3)cc2)C1. The number of likely N-dealkylation sites (tertiary alicyclic amines) is 1. The third-order valence-electron chi connectivity index (χ3n) is 5.06. The molecular weight excluding hydrogens is 324 g/mol. The Kier molecular flexibility index (Phi) is 5.94. The standard InChI is InChI=1S/C22H28N2O2/c1-23(2)21-12-10-19(11-13-21)18-6-8-20(9-7-18)22(25)24-14-4-5-17(15-24)16-26-3/h6-13,17H,4-5,14-16H2,1-3H3/t17-/m0/s1. The van der Waals surface area contributed by atoms with Gasteiger partial charge in [0.1, 0.15) is 0 Å². The maximum Gasteiger partial charge on any atom is 0.253 e. The van der Waals surface area contributed by atoms with Crippen LogP contribution in [0.4, 0.5) is 5.69 Å². The van der Waals surface area contributed by atoms with Gasteiger partial charge in [0, 0.05) is 45.5 Å². The highest BCUT2D eigenvalue weighted by Gasteiger charge is 2.24. The lowest BCUT2D eigenvalue weighted by atomic mass is 9.97. The van der Waals surface area contributed by atoms with Crippen LogP contribution in [0, 0.1) is 5.92 Å². The first-order valence-electron chi connectivity index (χ1n) is 9.24. The predicted octanol–water partition coefficient (Wildman–Crippen LogP) is 3.92. The second-order valence-electron chi connectivity index (χ2n) is 7.23. The lowest BCUT2D eigenvalue weighted by molar-refractivity contribution is 0.0571. The molecule has 0 N–H and O–H groups in total. The number of benzene rings is 2. The second kappa shape index (κ2) is 8.37. The highest BCUT2D eigenvalue weighted by Crippen LogP contribution is 2.24. The van der Waals surface area contributed by atoms with Crippen molar-refractivity contribution in [3.8, 4) is 11.1 Å². The Morgan fingerprint density at radius 1 is 1.08 bits per heavy atom. The number of nitrogens with zero attached hydrogens (tertiary/aromatic N) is 2. The maximum absolute atomic E-state index is 12.8. The summed E-state index contributed by atoms with van der Waals surface area (Å²) in [5.41, 5.74) is 4.23. The van der Waals surface area contributed by atoms with Crippen LogP contribution in [0.1, 0.15) is 23.2 Å². The highest BCUT2D eigenvalue weighted by molar-refractivity contribution is 5.94. The number of anilines is 1. The second-order valence-corrected chi connectivity index (χ2v) is 7.23. The van der Waals surface area contributed by atoms with Gasteiger partial charge in [0.2, 0.25) is 0 Å². The zero-order valence-corrected chi connectivity index (χ0v) is 15.9. The summed E-state index contributed by atoms with van der Waals surface area (Å²) in [6.07, 6.45) is 2.19. The van der Waals surface area contributed by atoms with E-state index >= 15 is 0 Å². The van der Waals surface area contributed by atoms with Crippen molar-refractivity contribution in [1.82, 2.24) is 4.90 Å². The van der Waals surface area contributed by atoms with Crippen LogP contribution in [0.25, 0.3) is 11.1 Å². The molecule has 0 spiro atoms. The van der Waals surface area contributed by atoms with E-state index in [9.17, 15) is 4.79 Å². The monoisotopic (exact) mass is 352 g/mol. The maximum atomic E-state index is 12.8. The zero-order chi connectivity index (χ0) is 18.5. The fourth-order valence-electron chi connectivity index (χ4n) is 3.56. The molecular formula is C22H28N2O2. The minimum absolute atomic E-state index is 0.125. The molecule has 1 amide bonds. The number of hydrogen-bond acceptors (Lipinski definition) is 3. The van der Waals surface area contributed by atoms with Gasteiger partial charge in [-0.2, -0.15) is 0 Å². The van der Waals surface area contributed by atoms with Crippen LogP contribution in [-0.4, -0.2) is 51.7 Å². The molecule has 3 rings (SSSR count). The summed E-state index contributed by atoms with van der Waals surface area (Å²) in [6, 6.07) is 16.4. The van der Waals surface area contributed by atoms with Crippen molar-refractivity contribution < 1.29 is 9.53 Å². The van der Waals surface area contributed by atoms with Crippen LogP contribution < -0.4 is 4.90 Å². The Hall–Kier alpha value is -2.33. The Morgan fingerprint density at radius 3 is 2.27 bits per heavy atom. The Balaban J connectivity index is 1.69. The molecule has 0 radical (unpaired) electrons. The molecule has 4 nitrogen and oxygen atoms in total.